The number of esters is 1. The van der Waals surface area contributed by atoms with Crippen molar-refractivity contribution in [1.82, 2.24) is 14.5 Å². The molecule has 2 heterocycles. The van der Waals surface area contributed by atoms with Gasteiger partial charge in [0.15, 0.2) is 0 Å². The first-order valence-corrected chi connectivity index (χ1v) is 19.1. The van der Waals surface area contributed by atoms with E-state index in [2.05, 4.69) is 16.8 Å². The number of para-hydroxylation sites is 2. The lowest BCUT2D eigenvalue weighted by molar-refractivity contribution is -0.320. The van der Waals surface area contributed by atoms with Gasteiger partial charge in [0.05, 0.1) is 59.2 Å². The summed E-state index contributed by atoms with van der Waals surface area (Å²) in [6, 6.07) is 13.7. The number of piperidine rings is 1. The molecule has 284 valence electrons. The van der Waals surface area contributed by atoms with Crippen LogP contribution < -0.4 is 5.56 Å². The van der Waals surface area contributed by atoms with Crippen molar-refractivity contribution >= 4 is 16.9 Å². The van der Waals surface area contributed by atoms with Crippen LogP contribution >= 0.6 is 0 Å². The quantitative estimate of drug-likeness (QED) is 0.314. The van der Waals surface area contributed by atoms with Crippen LogP contribution in [0.1, 0.15) is 48.8 Å². The zero-order valence-electron chi connectivity index (χ0n) is 31.4. The summed E-state index contributed by atoms with van der Waals surface area (Å²) in [5.74, 6) is -0.759. The summed E-state index contributed by atoms with van der Waals surface area (Å²) in [5, 5.41) is 27.2. The molecule has 5 aliphatic carbocycles. The number of aryl methyl sites for hydroxylation is 1. The van der Waals surface area contributed by atoms with Gasteiger partial charge in [-0.05, 0) is 62.9 Å². The summed E-state index contributed by atoms with van der Waals surface area (Å²) in [4.78, 5) is 35.2. The minimum Gasteiger partial charge on any atom is -0.461 e. The fourth-order valence-corrected chi connectivity index (χ4v) is 13.6. The summed E-state index contributed by atoms with van der Waals surface area (Å²) in [6.45, 7) is 5.08. The Kier molecular flexibility index (Phi) is 8.12. The van der Waals surface area contributed by atoms with Crippen LogP contribution in [0.5, 0.6) is 0 Å². The number of hydrogen-bond donors (Lipinski definition) is 2. The van der Waals surface area contributed by atoms with E-state index >= 15 is 0 Å². The van der Waals surface area contributed by atoms with Crippen LogP contribution in [-0.2, 0) is 23.7 Å². The van der Waals surface area contributed by atoms with Gasteiger partial charge in [0.1, 0.15) is 17.0 Å². The van der Waals surface area contributed by atoms with E-state index in [0.29, 0.717) is 48.3 Å². The summed E-state index contributed by atoms with van der Waals surface area (Å²) in [6.07, 6.45) is 0.815. The number of benzene rings is 2. The Morgan fingerprint density at radius 1 is 1.00 bits per heavy atom. The number of methoxy groups -OCH3 is 4. The van der Waals surface area contributed by atoms with Crippen molar-refractivity contribution in [2.24, 2.45) is 34.5 Å². The number of rotatable bonds is 9. The molecule has 3 aromatic rings. The normalized spacial score (nSPS) is 42.2. The van der Waals surface area contributed by atoms with Gasteiger partial charge in [0, 0.05) is 70.0 Å². The van der Waals surface area contributed by atoms with E-state index in [1.165, 1.54) is 4.57 Å². The van der Waals surface area contributed by atoms with Crippen LogP contribution in [0.4, 0.5) is 0 Å². The Bertz CT molecular complexity index is 2020. The van der Waals surface area contributed by atoms with Crippen LogP contribution in [0.2, 0.25) is 0 Å². The highest BCUT2D eigenvalue weighted by molar-refractivity contribution is 5.93. The molecule has 2 aromatic carbocycles. The Morgan fingerprint density at radius 3 is 2.47 bits per heavy atom. The predicted octanol–water partition coefficient (Wildman–Crippen LogP) is 3.14. The maximum atomic E-state index is 14.4. The molecule has 12 nitrogen and oxygen atoms in total. The van der Waals surface area contributed by atoms with E-state index in [1.54, 1.807) is 77.8 Å². The molecule has 6 fully saturated rings. The van der Waals surface area contributed by atoms with Crippen LogP contribution in [-0.4, -0.2) is 120 Å². The number of fused-ring (bicyclic) bond motifs is 3. The van der Waals surface area contributed by atoms with Crippen molar-refractivity contribution in [3.63, 3.8) is 0 Å². The second-order valence-corrected chi connectivity index (χ2v) is 16.6. The SMILES string of the molecule is CCN1C[C@]2(COC(=O)c3ccccc3-n3c(C)nc4ccccc4c3=O)CCC(OC)[C@@]34[C@@H]5C[C@H]6[C@H](OC)[C@@H]5[C@](O)(C[C@@H]6OC)[C@](O)([C@@H](OC)[C@H]23)[C@@H]14. The first-order valence-electron chi connectivity index (χ1n) is 19.1. The molecule has 0 amide bonds. The minimum atomic E-state index is -1.69. The number of hydrogen-bond acceptors (Lipinski definition) is 11. The molecule has 13 atom stereocenters. The van der Waals surface area contributed by atoms with Crippen LogP contribution in [0.15, 0.2) is 53.3 Å². The van der Waals surface area contributed by atoms with E-state index in [1.807, 2.05) is 6.07 Å². The summed E-state index contributed by atoms with van der Waals surface area (Å²) in [5.41, 5.74) is -3.52. The molecule has 9 rings (SSSR count). The summed E-state index contributed by atoms with van der Waals surface area (Å²) in [7, 11) is 6.76. The highest BCUT2D eigenvalue weighted by Crippen LogP contribution is 2.80. The Hall–Kier alpha value is -3.23. The number of likely N-dealkylation sites (N-methyl/N-ethyl adjacent to an activating group) is 1. The third-order valence-electron chi connectivity index (χ3n) is 15.1. The molecule has 1 aliphatic heterocycles. The first-order chi connectivity index (χ1) is 25.5. The maximum absolute atomic E-state index is 14.4. The fourth-order valence-electron chi connectivity index (χ4n) is 13.6. The van der Waals surface area contributed by atoms with Gasteiger partial charge >= 0.3 is 5.97 Å². The molecule has 0 radical (unpaired) electrons. The zero-order chi connectivity index (χ0) is 37.2. The average molecular weight is 730 g/mol. The van der Waals surface area contributed by atoms with Crippen LogP contribution in [0.25, 0.3) is 16.6 Å². The zero-order valence-corrected chi connectivity index (χ0v) is 31.4. The first kappa shape index (κ1) is 35.5. The van der Waals surface area contributed by atoms with Crippen molar-refractivity contribution in [3.05, 3.63) is 70.3 Å². The monoisotopic (exact) mass is 729 g/mol. The van der Waals surface area contributed by atoms with Gasteiger partial charge in [-0.3, -0.25) is 14.3 Å². The average Bonchev–Trinajstić information content (AvgIpc) is 3.58. The van der Waals surface area contributed by atoms with Gasteiger partial charge in [-0.1, -0.05) is 31.2 Å². The number of aliphatic hydroxyl groups is 2. The molecule has 1 aromatic heterocycles. The Balaban J connectivity index is 1.15. The fraction of sp³-hybridized carbons (Fsp3) is 0.634. The van der Waals surface area contributed by atoms with E-state index in [4.69, 9.17) is 23.7 Å². The standard InChI is InChI=1S/C41H51N3O9/c1-7-43-20-38(21-53-36(46)24-13-9-11-15-28(24)44-22(2)42-27-14-10-8-12-23(27)35(44)45)17-16-30(50-4)40-26-18-25-29(49-3)19-39(47,31(26)32(25)51-5)41(48,37(40)43)34(52-6)33(38)40/h8-15,25-26,29-34,37,47-48H,7,16-21H2,1-6H3/t25-,26-,29+,30?,31-,32+,33-,34+,37+,38+,39-,40+,41+/m1/s1. The molecule has 5 saturated carbocycles. The van der Waals surface area contributed by atoms with E-state index in [-0.39, 0.29) is 66.1 Å². The maximum Gasteiger partial charge on any atom is 0.340 e. The molecular weight excluding hydrogens is 678 g/mol. The topological polar surface area (TPSA) is 142 Å². The van der Waals surface area contributed by atoms with Crippen molar-refractivity contribution in [1.29, 1.82) is 0 Å². The molecule has 1 saturated heterocycles. The second kappa shape index (κ2) is 12.1. The minimum absolute atomic E-state index is 0.0500. The summed E-state index contributed by atoms with van der Waals surface area (Å²) >= 11 is 0. The van der Waals surface area contributed by atoms with Crippen LogP contribution in [0, 0.1) is 41.4 Å². The van der Waals surface area contributed by atoms with Gasteiger partial charge in [-0.25, -0.2) is 9.78 Å². The smallest absolute Gasteiger partial charge is 0.340 e. The van der Waals surface area contributed by atoms with E-state index in [9.17, 15) is 19.8 Å². The van der Waals surface area contributed by atoms with Gasteiger partial charge in [0.25, 0.3) is 5.56 Å². The third-order valence-corrected chi connectivity index (χ3v) is 15.1. The molecule has 1 spiro atoms. The molecule has 53 heavy (non-hydrogen) atoms. The van der Waals surface area contributed by atoms with Gasteiger partial charge in [-0.2, -0.15) is 0 Å². The van der Waals surface area contributed by atoms with E-state index < -0.39 is 40.1 Å². The third kappa shape index (κ3) is 4.18. The Morgan fingerprint density at radius 2 is 1.75 bits per heavy atom. The lowest BCUT2D eigenvalue weighted by Crippen LogP contribution is -2.82. The van der Waals surface area contributed by atoms with Crippen molar-refractivity contribution < 1.29 is 38.7 Å². The molecule has 12 heteroatoms. The van der Waals surface area contributed by atoms with Gasteiger partial charge in [-0.15, -0.1) is 0 Å². The van der Waals surface area contributed by atoms with Crippen LogP contribution in [0.3, 0.4) is 0 Å². The number of carbonyl (C=O) groups is 1. The summed E-state index contributed by atoms with van der Waals surface area (Å²) < 4.78 is 33.2. The van der Waals surface area contributed by atoms with Crippen molar-refractivity contribution in [2.75, 3.05) is 48.1 Å². The highest BCUT2D eigenvalue weighted by atomic mass is 16.5. The van der Waals surface area contributed by atoms with Gasteiger partial charge < -0.3 is 33.9 Å². The van der Waals surface area contributed by atoms with Gasteiger partial charge in [0.2, 0.25) is 0 Å². The van der Waals surface area contributed by atoms with Crippen molar-refractivity contribution in [3.8, 4) is 5.69 Å². The molecule has 6 aliphatic rings. The lowest BCUT2D eigenvalue weighted by Gasteiger charge is -2.70. The molecule has 1 unspecified atom stereocenters. The number of nitrogens with zero attached hydrogens (tertiary/aromatic N) is 3. The number of ether oxygens (including phenoxy) is 5. The Labute approximate surface area is 309 Å². The highest BCUT2D eigenvalue weighted by Gasteiger charge is 2.91. The predicted molar refractivity (Wildman–Crippen MR) is 194 cm³/mol. The number of carbonyl (C=O) groups excluding carboxylic acids is 1. The molecule has 7 bridgehead atoms. The largest absolute Gasteiger partial charge is 0.461 e. The second-order valence-electron chi connectivity index (χ2n) is 16.6. The molecular formula is C41H51N3O9. The lowest BCUT2D eigenvalue weighted by atomic mass is 9.42. The number of likely N-dealkylation sites (tertiary alicyclic amines) is 1. The number of aromatic nitrogens is 2. The van der Waals surface area contributed by atoms with E-state index in [0.717, 1.165) is 6.42 Å². The molecule has 2 N–H and O–H groups in total. The van der Waals surface area contributed by atoms with Crippen molar-refractivity contribution in [2.45, 2.75) is 81.2 Å².